The predicted octanol–water partition coefficient (Wildman–Crippen LogP) is 4.22. The first-order chi connectivity index (χ1) is 13.5. The number of hydrogen-bond donors (Lipinski definition) is 1. The molecule has 3 heterocycles. The van der Waals surface area contributed by atoms with Crippen LogP contribution in [0.3, 0.4) is 0 Å². The van der Waals surface area contributed by atoms with Crippen LogP contribution in [-0.4, -0.2) is 37.7 Å². The van der Waals surface area contributed by atoms with Gasteiger partial charge in [0.15, 0.2) is 11.5 Å². The summed E-state index contributed by atoms with van der Waals surface area (Å²) in [7, 11) is 3.44. The van der Waals surface area contributed by atoms with Crippen molar-refractivity contribution in [3.8, 4) is 11.5 Å². The molecule has 3 atom stereocenters. The summed E-state index contributed by atoms with van der Waals surface area (Å²) < 4.78 is 11.1. The zero-order chi connectivity index (χ0) is 19.5. The summed E-state index contributed by atoms with van der Waals surface area (Å²) in [5.74, 6) is 2.31. The van der Waals surface area contributed by atoms with E-state index in [1.807, 2.05) is 0 Å². The largest absolute Gasteiger partial charge is 0.493 e. The van der Waals surface area contributed by atoms with Crippen LogP contribution in [0, 0.1) is 5.92 Å². The van der Waals surface area contributed by atoms with Crippen LogP contribution >= 0.6 is 0 Å². The van der Waals surface area contributed by atoms with Crippen molar-refractivity contribution >= 4 is 5.69 Å². The van der Waals surface area contributed by atoms with E-state index in [2.05, 4.69) is 60.5 Å². The summed E-state index contributed by atoms with van der Waals surface area (Å²) >= 11 is 0. The molecular formula is C24H30N2O2. The number of piperidine rings is 1. The molecule has 1 fully saturated rings. The molecule has 5 rings (SSSR count). The third-order valence-electron chi connectivity index (χ3n) is 7.42. The molecule has 4 nitrogen and oxygen atoms in total. The summed E-state index contributed by atoms with van der Waals surface area (Å²) in [6.45, 7) is 7.02. The van der Waals surface area contributed by atoms with E-state index in [0.717, 1.165) is 31.0 Å². The van der Waals surface area contributed by atoms with E-state index in [1.54, 1.807) is 14.2 Å². The molecule has 0 unspecified atom stereocenters. The average Bonchev–Trinajstić information content (AvgIpc) is 2.71. The van der Waals surface area contributed by atoms with Gasteiger partial charge in [-0.15, -0.1) is 0 Å². The molecule has 0 aromatic heterocycles. The highest BCUT2D eigenvalue weighted by molar-refractivity contribution is 5.59. The van der Waals surface area contributed by atoms with Gasteiger partial charge < -0.3 is 14.8 Å². The number of benzene rings is 2. The van der Waals surface area contributed by atoms with Crippen LogP contribution in [0.4, 0.5) is 5.69 Å². The maximum atomic E-state index is 5.57. The van der Waals surface area contributed by atoms with Crippen LogP contribution in [0.1, 0.15) is 37.0 Å². The van der Waals surface area contributed by atoms with Crippen molar-refractivity contribution in [1.29, 1.82) is 0 Å². The summed E-state index contributed by atoms with van der Waals surface area (Å²) in [5, 5.41) is 3.94. The van der Waals surface area contributed by atoms with Crippen molar-refractivity contribution in [1.82, 2.24) is 4.90 Å². The van der Waals surface area contributed by atoms with Crippen LogP contribution < -0.4 is 14.8 Å². The van der Waals surface area contributed by atoms with Gasteiger partial charge in [0.2, 0.25) is 0 Å². The minimum atomic E-state index is 0.191. The Kier molecular flexibility index (Phi) is 4.09. The number of fused-ring (bicyclic) bond motifs is 5. The summed E-state index contributed by atoms with van der Waals surface area (Å²) in [6.07, 6.45) is 2.29. The molecular weight excluding hydrogens is 348 g/mol. The Hall–Kier alpha value is -2.20. The van der Waals surface area contributed by atoms with Crippen molar-refractivity contribution in [3.05, 3.63) is 53.1 Å². The molecule has 4 heteroatoms. The third kappa shape index (κ3) is 2.54. The molecule has 1 saturated heterocycles. The van der Waals surface area contributed by atoms with Gasteiger partial charge in [-0.1, -0.05) is 32.0 Å². The Labute approximate surface area is 167 Å². The molecule has 3 aliphatic rings. The lowest BCUT2D eigenvalue weighted by Gasteiger charge is -2.56. The topological polar surface area (TPSA) is 33.7 Å². The Morgan fingerprint density at radius 1 is 1.04 bits per heavy atom. The molecule has 0 radical (unpaired) electrons. The Morgan fingerprint density at radius 3 is 2.50 bits per heavy atom. The molecule has 28 heavy (non-hydrogen) atoms. The fourth-order valence-corrected chi connectivity index (χ4v) is 5.90. The molecule has 148 valence electrons. The minimum Gasteiger partial charge on any atom is -0.493 e. The zero-order valence-corrected chi connectivity index (χ0v) is 17.3. The number of para-hydroxylation sites is 1. The number of hydrogen-bond acceptors (Lipinski definition) is 4. The standard InChI is InChI=1S/C24H30N2O2/c1-24(2)17-7-5-6-8-19(17)25-23-18(24)9-10-26-14-16-13-22(28-4)21(27-3)12-15(16)11-20(23)26/h5-8,12-13,18,20,23,25H,9-11,14H2,1-4H3/t18-,20+,23+/m1/s1. The lowest BCUT2D eigenvalue weighted by atomic mass is 9.62. The van der Waals surface area contributed by atoms with Crippen molar-refractivity contribution < 1.29 is 9.47 Å². The molecule has 0 amide bonds. The number of anilines is 1. The van der Waals surface area contributed by atoms with Gasteiger partial charge in [-0.3, -0.25) is 4.90 Å². The molecule has 0 aliphatic carbocycles. The molecule has 0 bridgehead atoms. The normalized spacial score (nSPS) is 27.5. The first-order valence-electron chi connectivity index (χ1n) is 10.4. The first-order valence-corrected chi connectivity index (χ1v) is 10.4. The Morgan fingerprint density at radius 2 is 1.75 bits per heavy atom. The van der Waals surface area contributed by atoms with E-state index in [9.17, 15) is 0 Å². The van der Waals surface area contributed by atoms with E-state index < -0.39 is 0 Å². The number of nitrogens with zero attached hydrogens (tertiary/aromatic N) is 1. The number of ether oxygens (including phenoxy) is 2. The Balaban J connectivity index is 1.52. The van der Waals surface area contributed by atoms with Crippen molar-refractivity contribution in [2.75, 3.05) is 26.1 Å². The van der Waals surface area contributed by atoms with Crippen molar-refractivity contribution in [2.24, 2.45) is 5.92 Å². The smallest absolute Gasteiger partial charge is 0.161 e. The van der Waals surface area contributed by atoms with Gasteiger partial charge in [-0.05, 0) is 65.6 Å². The summed E-state index contributed by atoms with van der Waals surface area (Å²) in [4.78, 5) is 2.67. The van der Waals surface area contributed by atoms with Crippen LogP contribution in [-0.2, 0) is 18.4 Å². The van der Waals surface area contributed by atoms with Crippen molar-refractivity contribution in [3.63, 3.8) is 0 Å². The van der Waals surface area contributed by atoms with E-state index in [4.69, 9.17) is 9.47 Å². The van der Waals surface area contributed by atoms with Gasteiger partial charge in [0.1, 0.15) is 0 Å². The van der Waals surface area contributed by atoms with E-state index in [1.165, 1.54) is 28.8 Å². The highest BCUT2D eigenvalue weighted by atomic mass is 16.5. The molecule has 3 aliphatic heterocycles. The highest BCUT2D eigenvalue weighted by Gasteiger charge is 2.49. The van der Waals surface area contributed by atoms with Crippen molar-refractivity contribution in [2.45, 2.75) is 50.7 Å². The van der Waals surface area contributed by atoms with E-state index >= 15 is 0 Å². The maximum Gasteiger partial charge on any atom is 0.161 e. The summed E-state index contributed by atoms with van der Waals surface area (Å²) in [6, 6.07) is 14.2. The van der Waals surface area contributed by atoms with E-state index in [0.29, 0.717) is 18.0 Å². The maximum absolute atomic E-state index is 5.57. The molecule has 2 aromatic rings. The van der Waals surface area contributed by atoms with Crippen LogP contribution in [0.15, 0.2) is 36.4 Å². The van der Waals surface area contributed by atoms with Crippen LogP contribution in [0.25, 0.3) is 0 Å². The molecule has 0 spiro atoms. The molecule has 1 N–H and O–H groups in total. The lowest BCUT2D eigenvalue weighted by Crippen LogP contribution is -2.62. The Bertz CT molecular complexity index is 907. The van der Waals surface area contributed by atoms with Gasteiger partial charge in [0.25, 0.3) is 0 Å². The fraction of sp³-hybridized carbons (Fsp3) is 0.500. The number of rotatable bonds is 2. The highest BCUT2D eigenvalue weighted by Crippen LogP contribution is 2.49. The predicted molar refractivity (Wildman–Crippen MR) is 112 cm³/mol. The van der Waals surface area contributed by atoms with Gasteiger partial charge in [0, 0.05) is 24.3 Å². The second kappa shape index (κ2) is 6.41. The van der Waals surface area contributed by atoms with Gasteiger partial charge in [-0.2, -0.15) is 0 Å². The van der Waals surface area contributed by atoms with E-state index in [-0.39, 0.29) is 5.41 Å². The summed E-state index contributed by atoms with van der Waals surface area (Å²) in [5.41, 5.74) is 5.75. The third-order valence-corrected chi connectivity index (χ3v) is 7.42. The minimum absolute atomic E-state index is 0.191. The number of nitrogens with one attached hydrogen (secondary N) is 1. The zero-order valence-electron chi connectivity index (χ0n) is 17.3. The van der Waals surface area contributed by atoms with Gasteiger partial charge in [-0.25, -0.2) is 0 Å². The van der Waals surface area contributed by atoms with Crippen LogP contribution in [0.5, 0.6) is 11.5 Å². The lowest BCUT2D eigenvalue weighted by molar-refractivity contribution is 0.0492. The molecule has 0 saturated carbocycles. The fourth-order valence-electron chi connectivity index (χ4n) is 5.90. The second-order valence-electron chi connectivity index (χ2n) is 9.05. The van der Waals surface area contributed by atoms with Gasteiger partial charge >= 0.3 is 0 Å². The quantitative estimate of drug-likeness (QED) is 0.848. The first kappa shape index (κ1) is 17.9. The second-order valence-corrected chi connectivity index (χ2v) is 9.05. The average molecular weight is 379 g/mol. The number of methoxy groups -OCH3 is 2. The van der Waals surface area contributed by atoms with Crippen LogP contribution in [0.2, 0.25) is 0 Å². The van der Waals surface area contributed by atoms with Gasteiger partial charge in [0.05, 0.1) is 14.2 Å². The SMILES string of the molecule is COc1cc2c(cc1OC)CN1CC[C@@H]3[C@H](Nc4ccccc4C3(C)C)[C@@H]1C2. The molecule has 2 aromatic carbocycles. The monoisotopic (exact) mass is 378 g/mol.